The van der Waals surface area contributed by atoms with Gasteiger partial charge in [-0.05, 0) is 24.3 Å². The van der Waals surface area contributed by atoms with Gasteiger partial charge in [0.25, 0.3) is 0 Å². The first-order valence-corrected chi connectivity index (χ1v) is 9.18. The van der Waals surface area contributed by atoms with E-state index in [2.05, 4.69) is 10.3 Å². The van der Waals surface area contributed by atoms with E-state index in [-0.39, 0.29) is 30.3 Å². The number of nitrogens with one attached hydrogen (secondary N) is 1. The molecular weight excluding hydrogens is 330 g/mol. The van der Waals surface area contributed by atoms with Gasteiger partial charge in [-0.25, -0.2) is 13.4 Å². The van der Waals surface area contributed by atoms with Crippen molar-refractivity contribution in [3.63, 3.8) is 0 Å². The maximum atomic E-state index is 11.6. The van der Waals surface area contributed by atoms with Crippen LogP contribution in [0.5, 0.6) is 11.6 Å². The van der Waals surface area contributed by atoms with Gasteiger partial charge in [-0.15, -0.1) is 0 Å². The summed E-state index contributed by atoms with van der Waals surface area (Å²) in [6, 6.07) is 9.66. The predicted molar refractivity (Wildman–Crippen MR) is 89.4 cm³/mol. The number of aromatic nitrogens is 1. The highest BCUT2D eigenvalue weighted by Gasteiger charge is 2.11. The standard InChI is InChI=1S/C16H19N3O4S/c1-24(21,22)14-6-2-5-13(10-14)23-16-12(4-3-9-18-16)11-19-15(20)7-8-17/h2-6,9-10H,7-8,11,17H2,1H3,(H,19,20). The number of sulfone groups is 1. The summed E-state index contributed by atoms with van der Waals surface area (Å²) in [4.78, 5) is 15.8. The molecular formula is C16H19N3O4S. The molecule has 0 saturated carbocycles. The molecule has 0 aliphatic carbocycles. The zero-order valence-corrected chi connectivity index (χ0v) is 14.0. The van der Waals surface area contributed by atoms with Crippen molar-refractivity contribution in [2.45, 2.75) is 17.9 Å². The lowest BCUT2D eigenvalue weighted by molar-refractivity contribution is -0.121. The summed E-state index contributed by atoms with van der Waals surface area (Å²) < 4.78 is 28.9. The van der Waals surface area contributed by atoms with Gasteiger partial charge in [0.1, 0.15) is 5.75 Å². The van der Waals surface area contributed by atoms with Gasteiger partial charge >= 0.3 is 0 Å². The van der Waals surface area contributed by atoms with Crippen LogP contribution in [0.15, 0.2) is 47.5 Å². The zero-order valence-electron chi connectivity index (χ0n) is 13.2. The quantitative estimate of drug-likeness (QED) is 0.778. The maximum absolute atomic E-state index is 11.6. The van der Waals surface area contributed by atoms with E-state index in [0.717, 1.165) is 6.26 Å². The van der Waals surface area contributed by atoms with Gasteiger partial charge in [-0.1, -0.05) is 12.1 Å². The number of ether oxygens (including phenoxy) is 1. The molecule has 1 amide bonds. The highest BCUT2D eigenvalue weighted by atomic mass is 32.2. The molecule has 0 unspecified atom stereocenters. The third-order valence-corrected chi connectivity index (χ3v) is 4.26. The van der Waals surface area contributed by atoms with E-state index in [1.807, 2.05) is 0 Å². The summed E-state index contributed by atoms with van der Waals surface area (Å²) >= 11 is 0. The Morgan fingerprint density at radius 2 is 2.08 bits per heavy atom. The van der Waals surface area contributed by atoms with Gasteiger partial charge < -0.3 is 15.8 Å². The van der Waals surface area contributed by atoms with Gasteiger partial charge in [0.05, 0.1) is 4.90 Å². The number of carbonyl (C=O) groups is 1. The fourth-order valence-electron chi connectivity index (χ4n) is 1.94. The van der Waals surface area contributed by atoms with Crippen LogP contribution in [-0.4, -0.2) is 32.1 Å². The minimum absolute atomic E-state index is 0.161. The summed E-state index contributed by atoms with van der Waals surface area (Å²) in [6.07, 6.45) is 2.93. The van der Waals surface area contributed by atoms with Crippen LogP contribution in [-0.2, 0) is 21.2 Å². The number of benzene rings is 1. The second-order valence-electron chi connectivity index (χ2n) is 5.13. The number of amides is 1. The summed E-state index contributed by atoms with van der Waals surface area (Å²) in [6.45, 7) is 0.522. The molecule has 128 valence electrons. The van der Waals surface area contributed by atoms with E-state index < -0.39 is 9.84 Å². The Labute approximate surface area is 140 Å². The van der Waals surface area contributed by atoms with Crippen molar-refractivity contribution in [2.24, 2.45) is 5.73 Å². The maximum Gasteiger partial charge on any atom is 0.224 e. The second-order valence-corrected chi connectivity index (χ2v) is 7.15. The molecule has 0 fully saturated rings. The highest BCUT2D eigenvalue weighted by molar-refractivity contribution is 7.90. The Hall–Kier alpha value is -2.45. The Morgan fingerprint density at radius 3 is 2.79 bits per heavy atom. The SMILES string of the molecule is CS(=O)(=O)c1cccc(Oc2ncccc2CNC(=O)CCN)c1. The monoisotopic (exact) mass is 349 g/mol. The first-order chi connectivity index (χ1) is 11.4. The van der Waals surface area contributed by atoms with Crippen LogP contribution < -0.4 is 15.8 Å². The average Bonchev–Trinajstić information content (AvgIpc) is 2.54. The molecule has 3 N–H and O–H groups in total. The van der Waals surface area contributed by atoms with E-state index in [1.165, 1.54) is 12.1 Å². The Balaban J connectivity index is 2.17. The number of hydrogen-bond donors (Lipinski definition) is 2. The van der Waals surface area contributed by atoms with Crippen molar-refractivity contribution in [3.05, 3.63) is 48.2 Å². The van der Waals surface area contributed by atoms with E-state index >= 15 is 0 Å². The lowest BCUT2D eigenvalue weighted by atomic mass is 10.2. The molecule has 2 aromatic rings. The number of rotatable bonds is 7. The minimum atomic E-state index is -3.32. The molecule has 0 bridgehead atoms. The minimum Gasteiger partial charge on any atom is -0.439 e. The largest absolute Gasteiger partial charge is 0.439 e. The van der Waals surface area contributed by atoms with E-state index in [0.29, 0.717) is 17.2 Å². The van der Waals surface area contributed by atoms with Gasteiger partial charge in [-0.2, -0.15) is 0 Å². The lowest BCUT2D eigenvalue weighted by Crippen LogP contribution is -2.25. The van der Waals surface area contributed by atoms with Crippen LogP contribution in [0, 0.1) is 0 Å². The topological polar surface area (TPSA) is 111 Å². The Morgan fingerprint density at radius 1 is 1.29 bits per heavy atom. The third kappa shape index (κ3) is 5.04. The van der Waals surface area contributed by atoms with Crippen LogP contribution in [0.3, 0.4) is 0 Å². The number of hydrogen-bond acceptors (Lipinski definition) is 6. The smallest absolute Gasteiger partial charge is 0.224 e. The fraction of sp³-hybridized carbons (Fsp3) is 0.250. The summed E-state index contributed by atoms with van der Waals surface area (Å²) in [5.41, 5.74) is 6.01. The second kappa shape index (κ2) is 7.89. The molecule has 1 aromatic carbocycles. The lowest BCUT2D eigenvalue weighted by Gasteiger charge is -2.11. The van der Waals surface area contributed by atoms with Gasteiger partial charge in [-0.3, -0.25) is 4.79 Å². The molecule has 7 nitrogen and oxygen atoms in total. The van der Waals surface area contributed by atoms with Crippen LogP contribution in [0.25, 0.3) is 0 Å². The first-order valence-electron chi connectivity index (χ1n) is 7.29. The molecule has 24 heavy (non-hydrogen) atoms. The molecule has 0 aliphatic heterocycles. The van der Waals surface area contributed by atoms with Crippen molar-refractivity contribution in [1.29, 1.82) is 0 Å². The summed E-state index contributed by atoms with van der Waals surface area (Å²) in [7, 11) is -3.32. The normalized spacial score (nSPS) is 11.1. The van der Waals surface area contributed by atoms with Crippen molar-refractivity contribution in [1.82, 2.24) is 10.3 Å². The Kier molecular flexibility index (Phi) is 5.88. The molecule has 0 atom stereocenters. The summed E-state index contributed by atoms with van der Waals surface area (Å²) in [5, 5.41) is 2.73. The number of pyridine rings is 1. The summed E-state index contributed by atoms with van der Waals surface area (Å²) in [5.74, 6) is 0.494. The van der Waals surface area contributed by atoms with Crippen molar-refractivity contribution >= 4 is 15.7 Å². The van der Waals surface area contributed by atoms with Crippen molar-refractivity contribution < 1.29 is 17.9 Å². The van der Waals surface area contributed by atoms with Crippen LogP contribution >= 0.6 is 0 Å². The number of nitrogens with zero attached hydrogens (tertiary/aromatic N) is 1. The molecule has 0 saturated heterocycles. The van der Waals surface area contributed by atoms with Crippen molar-refractivity contribution in [3.8, 4) is 11.6 Å². The molecule has 8 heteroatoms. The molecule has 0 aliphatic rings. The van der Waals surface area contributed by atoms with Crippen LogP contribution in [0.4, 0.5) is 0 Å². The number of carbonyl (C=O) groups excluding carboxylic acids is 1. The Bertz CT molecular complexity index is 822. The molecule has 2 rings (SSSR count). The van der Waals surface area contributed by atoms with E-state index in [1.54, 1.807) is 30.5 Å². The predicted octanol–water partition coefficient (Wildman–Crippen LogP) is 1.24. The van der Waals surface area contributed by atoms with Gasteiger partial charge in [0, 0.05) is 37.5 Å². The first kappa shape index (κ1) is 17.9. The molecule has 1 aromatic heterocycles. The highest BCUT2D eigenvalue weighted by Crippen LogP contribution is 2.25. The average molecular weight is 349 g/mol. The van der Waals surface area contributed by atoms with Crippen molar-refractivity contribution in [2.75, 3.05) is 12.8 Å². The molecule has 0 spiro atoms. The van der Waals surface area contributed by atoms with Gasteiger partial charge in [0.2, 0.25) is 11.8 Å². The zero-order chi connectivity index (χ0) is 17.6. The van der Waals surface area contributed by atoms with Crippen LogP contribution in [0.2, 0.25) is 0 Å². The van der Waals surface area contributed by atoms with Crippen LogP contribution in [0.1, 0.15) is 12.0 Å². The van der Waals surface area contributed by atoms with E-state index in [9.17, 15) is 13.2 Å². The van der Waals surface area contributed by atoms with Gasteiger partial charge in [0.15, 0.2) is 9.84 Å². The number of nitrogens with two attached hydrogens (primary N) is 1. The molecule has 1 heterocycles. The van der Waals surface area contributed by atoms with E-state index in [4.69, 9.17) is 10.5 Å². The molecule has 0 radical (unpaired) electrons. The fourth-order valence-corrected chi connectivity index (χ4v) is 2.60. The third-order valence-electron chi connectivity index (χ3n) is 3.15.